The van der Waals surface area contributed by atoms with Crippen LogP contribution in [0, 0.1) is 29.6 Å². The fourth-order valence-electron chi connectivity index (χ4n) is 4.05. The molecule has 0 aromatic heterocycles. The smallest absolute Gasteiger partial charge is 0.308 e. The molecule has 0 spiro atoms. The zero-order valence-electron chi connectivity index (χ0n) is 18.8. The van der Waals surface area contributed by atoms with Gasteiger partial charge in [-0.15, -0.1) is 0 Å². The van der Waals surface area contributed by atoms with Crippen LogP contribution in [0.5, 0.6) is 0 Å². The first-order chi connectivity index (χ1) is 13.7. The third-order valence-corrected chi connectivity index (χ3v) is 6.24. The Morgan fingerprint density at radius 3 is 2.33 bits per heavy atom. The van der Waals surface area contributed by atoms with Crippen LogP contribution in [0.2, 0.25) is 0 Å². The lowest BCUT2D eigenvalue weighted by molar-refractivity contribution is -0.151. The van der Waals surface area contributed by atoms with Crippen LogP contribution in [0.25, 0.3) is 0 Å². The Labute approximate surface area is 183 Å². The van der Waals surface area contributed by atoms with Gasteiger partial charge in [0, 0.05) is 6.42 Å². The maximum atomic E-state index is 10.3. The van der Waals surface area contributed by atoms with Gasteiger partial charge in [0.15, 0.2) is 0 Å². The largest absolute Gasteiger partial charge is 0.481 e. The van der Waals surface area contributed by atoms with Gasteiger partial charge in [-0.3, -0.25) is 9.59 Å². The van der Waals surface area contributed by atoms with Crippen molar-refractivity contribution >= 4 is 11.9 Å². The zero-order chi connectivity index (χ0) is 22.0. The first-order valence-corrected chi connectivity index (χ1v) is 11.2. The van der Waals surface area contributed by atoms with Crippen molar-refractivity contribution in [1.82, 2.24) is 0 Å². The highest BCUT2D eigenvalue weighted by molar-refractivity contribution is 5.70. The summed E-state index contributed by atoms with van der Waals surface area (Å²) in [5, 5.41) is 17.0. The molecule has 6 atom stereocenters. The summed E-state index contributed by atoms with van der Waals surface area (Å²) in [4.78, 5) is 20.2. The van der Waals surface area contributed by atoms with E-state index in [0.29, 0.717) is 13.0 Å². The second-order valence-electron chi connectivity index (χ2n) is 8.63. The van der Waals surface area contributed by atoms with Crippen molar-refractivity contribution in [3.8, 4) is 0 Å². The van der Waals surface area contributed by atoms with Gasteiger partial charge in [-0.05, 0) is 48.5 Å². The lowest BCUT2D eigenvalue weighted by Crippen LogP contribution is -2.27. The van der Waals surface area contributed by atoms with E-state index in [2.05, 4.69) is 43.7 Å². The van der Waals surface area contributed by atoms with Crippen LogP contribution in [-0.4, -0.2) is 34.9 Å². The summed E-state index contributed by atoms with van der Waals surface area (Å²) < 4.78 is 4.55. The predicted octanol–water partition coefficient (Wildman–Crippen LogP) is 5.63. The van der Waals surface area contributed by atoms with Gasteiger partial charge < -0.3 is 14.9 Å². The van der Waals surface area contributed by atoms with Crippen LogP contribution in [0.3, 0.4) is 0 Å². The molecule has 1 fully saturated rings. The average Bonchev–Trinajstić information content (AvgIpc) is 2.68. The average molecular weight is 425 g/mol. The number of allylic oxidation sites excluding steroid dienone is 4. The lowest BCUT2D eigenvalue weighted by Gasteiger charge is -2.38. The molecule has 0 saturated carbocycles. The van der Waals surface area contributed by atoms with Crippen LogP contribution in [-0.2, 0) is 14.3 Å². The van der Waals surface area contributed by atoms with Gasteiger partial charge in [-0.2, -0.15) is 0 Å². The number of hydrogen-bond donors (Lipinski definition) is 2. The van der Waals surface area contributed by atoms with E-state index in [1.54, 1.807) is 12.5 Å². The molecule has 5 heteroatoms. The normalized spacial score (nSPS) is 30.5. The number of cyclic esters (lactones) is 1. The predicted molar refractivity (Wildman–Crippen MR) is 122 cm³/mol. The molecule has 0 radical (unpaired) electrons. The van der Waals surface area contributed by atoms with Crippen LogP contribution in [0.1, 0.15) is 80.6 Å². The molecule has 1 heterocycles. The Balaban J connectivity index is 0.000000453. The molecule has 2 N–H and O–H groups in total. The molecule has 30 heavy (non-hydrogen) atoms. The second kappa shape index (κ2) is 14.4. The molecule has 3 rings (SSSR count). The molecular weight excluding hydrogens is 380 g/mol. The van der Waals surface area contributed by atoms with Gasteiger partial charge in [-0.25, -0.2) is 0 Å². The number of ether oxygens (including phenoxy) is 1. The molecule has 1 saturated heterocycles. The van der Waals surface area contributed by atoms with Crippen molar-refractivity contribution < 1.29 is 24.5 Å². The molecule has 0 amide bonds. The number of carboxylic acid groups (broad SMARTS) is 1. The zero-order valence-corrected chi connectivity index (χ0v) is 18.8. The Bertz CT molecular complexity index is 580. The number of esters is 1. The van der Waals surface area contributed by atoms with Crippen LogP contribution < -0.4 is 0 Å². The number of aliphatic carboxylic acids is 1. The molecule has 1 aliphatic heterocycles. The van der Waals surface area contributed by atoms with Crippen molar-refractivity contribution in [2.45, 2.75) is 86.7 Å². The highest BCUT2D eigenvalue weighted by Crippen LogP contribution is 2.42. The summed E-state index contributed by atoms with van der Waals surface area (Å²) in [7, 11) is 0. The Morgan fingerprint density at radius 1 is 1.23 bits per heavy atom. The molecular formula is C25H44O5. The van der Waals surface area contributed by atoms with E-state index < -0.39 is 12.1 Å². The van der Waals surface area contributed by atoms with Crippen molar-refractivity contribution in [3.05, 3.63) is 23.8 Å². The minimum absolute atomic E-state index is 0. The van der Waals surface area contributed by atoms with E-state index in [1.807, 2.05) is 6.92 Å². The molecule has 0 aromatic rings. The maximum absolute atomic E-state index is 10.3. The fraction of sp³-hybridized carbons (Fsp3) is 0.760. The number of carboxylic acids is 1. The van der Waals surface area contributed by atoms with Crippen molar-refractivity contribution in [1.29, 1.82) is 0 Å². The highest BCUT2D eigenvalue weighted by Gasteiger charge is 2.31. The van der Waals surface area contributed by atoms with E-state index >= 15 is 0 Å². The van der Waals surface area contributed by atoms with E-state index in [9.17, 15) is 9.59 Å². The molecule has 3 aliphatic rings. The van der Waals surface area contributed by atoms with Crippen molar-refractivity contribution in [3.63, 3.8) is 0 Å². The Morgan fingerprint density at radius 2 is 1.90 bits per heavy atom. The molecule has 0 bridgehead atoms. The van der Waals surface area contributed by atoms with Gasteiger partial charge >= 0.3 is 11.9 Å². The number of aliphatic hydroxyl groups excluding tert-OH is 1. The summed E-state index contributed by atoms with van der Waals surface area (Å²) in [6.45, 7) is 11.0. The molecule has 5 nitrogen and oxygen atoms in total. The number of hydrogen-bond acceptors (Lipinski definition) is 4. The topological polar surface area (TPSA) is 83.8 Å². The fourth-order valence-corrected chi connectivity index (χ4v) is 4.05. The summed E-state index contributed by atoms with van der Waals surface area (Å²) in [5.74, 6) is 2.19. The highest BCUT2D eigenvalue weighted by atomic mass is 16.5. The van der Waals surface area contributed by atoms with Gasteiger partial charge in [0.1, 0.15) is 0 Å². The molecule has 0 aromatic carbocycles. The number of aliphatic hydroxyl groups is 1. The second-order valence-corrected chi connectivity index (χ2v) is 8.63. The Hall–Kier alpha value is -1.62. The summed E-state index contributed by atoms with van der Waals surface area (Å²) >= 11 is 0. The standard InChI is InChI=1S/C14H22.C5H8O3.C5H10O2.CH4/c1-4-13-11(3)6-7-12-9-10(2)5-8-14(12)13;6-4-1-2-8-5(7)3-4;1-3-4(2)5(6)7;/h6-7,9-11,13-14H,4-5,8H2,1-3H3;4,6H,1-3H2;4H,3H2,1-2H3,(H,6,7);1H4/t10-,11+,13+,14?;2*4-;/m110./s1. The number of fused-ring (bicyclic) bond motifs is 1. The lowest BCUT2D eigenvalue weighted by atomic mass is 9.67. The number of carbonyl (C=O) groups is 2. The van der Waals surface area contributed by atoms with Crippen molar-refractivity contribution in [2.75, 3.05) is 6.61 Å². The molecule has 2 aliphatic carbocycles. The quantitative estimate of drug-likeness (QED) is 0.574. The summed E-state index contributed by atoms with van der Waals surface area (Å²) in [6, 6.07) is 0. The van der Waals surface area contributed by atoms with Gasteiger partial charge in [-0.1, -0.05) is 66.7 Å². The monoisotopic (exact) mass is 424 g/mol. The minimum atomic E-state index is -0.706. The first-order valence-electron chi connectivity index (χ1n) is 11.2. The maximum Gasteiger partial charge on any atom is 0.308 e. The summed E-state index contributed by atoms with van der Waals surface area (Å²) in [6.07, 6.45) is 12.5. The minimum Gasteiger partial charge on any atom is -0.481 e. The van der Waals surface area contributed by atoms with Gasteiger partial charge in [0.05, 0.1) is 25.0 Å². The SMILES string of the molecule is C.CC[C@@H]1C2CC[C@@H](C)C=C2C=C[C@@H]1C.CC[C@H](C)C(=O)O.O=C1C[C@H](O)CCO1. The Kier molecular flexibility index (Phi) is 13.6. The van der Waals surface area contributed by atoms with Gasteiger partial charge in [0.2, 0.25) is 0 Å². The first kappa shape index (κ1) is 28.4. The van der Waals surface area contributed by atoms with E-state index in [4.69, 9.17) is 10.2 Å². The third-order valence-electron chi connectivity index (χ3n) is 6.24. The summed E-state index contributed by atoms with van der Waals surface area (Å²) in [5.41, 5.74) is 1.63. The number of carbonyl (C=O) groups excluding carboxylic acids is 1. The molecule has 174 valence electrons. The van der Waals surface area contributed by atoms with Crippen LogP contribution in [0.15, 0.2) is 23.8 Å². The van der Waals surface area contributed by atoms with Crippen LogP contribution >= 0.6 is 0 Å². The van der Waals surface area contributed by atoms with Crippen LogP contribution in [0.4, 0.5) is 0 Å². The van der Waals surface area contributed by atoms with E-state index in [1.165, 1.54) is 19.3 Å². The van der Waals surface area contributed by atoms with Crippen molar-refractivity contribution in [2.24, 2.45) is 29.6 Å². The van der Waals surface area contributed by atoms with E-state index in [-0.39, 0.29) is 25.7 Å². The van der Waals surface area contributed by atoms with Gasteiger partial charge in [0.25, 0.3) is 0 Å². The molecule has 1 unspecified atom stereocenters. The third kappa shape index (κ3) is 9.46. The van der Waals surface area contributed by atoms with E-state index in [0.717, 1.165) is 30.1 Å². The number of rotatable bonds is 3.